The second kappa shape index (κ2) is 15.4. The van der Waals surface area contributed by atoms with Crippen molar-refractivity contribution in [1.29, 1.82) is 0 Å². The minimum Gasteiger partial charge on any atom is -0.493 e. The molecule has 8 heteroatoms. The van der Waals surface area contributed by atoms with E-state index in [9.17, 15) is 4.79 Å². The van der Waals surface area contributed by atoms with Crippen LogP contribution < -0.4 is 20.1 Å². The van der Waals surface area contributed by atoms with Crippen molar-refractivity contribution in [3.05, 3.63) is 18.2 Å². The molecule has 154 valence electrons. The molecule has 0 saturated carbocycles. The lowest BCUT2D eigenvalue weighted by molar-refractivity contribution is -0.143. The summed E-state index contributed by atoms with van der Waals surface area (Å²) in [6.07, 6.45) is 4.46. The van der Waals surface area contributed by atoms with Gasteiger partial charge in [-0.15, -0.1) is 24.0 Å². The van der Waals surface area contributed by atoms with Crippen LogP contribution in [0.5, 0.6) is 11.5 Å². The number of benzene rings is 1. The quantitative estimate of drug-likeness (QED) is 0.160. The van der Waals surface area contributed by atoms with E-state index in [1.165, 1.54) is 0 Å². The number of carbonyl (C=O) groups excluding carboxylic acids is 1. The molecular formula is C19H32IN3O4. The van der Waals surface area contributed by atoms with Gasteiger partial charge in [0.2, 0.25) is 0 Å². The van der Waals surface area contributed by atoms with Crippen LogP contribution in [0.4, 0.5) is 5.69 Å². The van der Waals surface area contributed by atoms with E-state index < -0.39 is 0 Å². The highest BCUT2D eigenvalue weighted by molar-refractivity contribution is 14.0. The smallest absolute Gasteiger partial charge is 0.305 e. The molecule has 0 aliphatic carbocycles. The third-order valence-corrected chi connectivity index (χ3v) is 3.78. The van der Waals surface area contributed by atoms with Crippen LogP contribution in [-0.2, 0) is 9.53 Å². The molecule has 0 fully saturated rings. The first-order chi connectivity index (χ1) is 12.6. The molecular weight excluding hydrogens is 461 g/mol. The molecule has 27 heavy (non-hydrogen) atoms. The lowest BCUT2D eigenvalue weighted by atomic mass is 10.1. The standard InChI is InChI=1S/C19H31N3O4.HI/c1-5-26-18(23)10-8-6-7-9-13-21-19(20-2)22-15-11-12-16(24-3)17(14-15)25-4;/h11-12,14H,5-10,13H2,1-4H3,(H2,20,21,22);1H. The highest BCUT2D eigenvalue weighted by atomic mass is 127. The summed E-state index contributed by atoms with van der Waals surface area (Å²) in [4.78, 5) is 15.5. The minimum atomic E-state index is -0.106. The van der Waals surface area contributed by atoms with Gasteiger partial charge in [0.1, 0.15) is 0 Å². The molecule has 2 N–H and O–H groups in total. The Morgan fingerprint density at radius 3 is 2.41 bits per heavy atom. The number of rotatable bonds is 11. The summed E-state index contributed by atoms with van der Waals surface area (Å²) in [6.45, 7) is 3.09. The second-order valence-corrected chi connectivity index (χ2v) is 5.66. The molecule has 0 amide bonds. The lowest BCUT2D eigenvalue weighted by Gasteiger charge is -2.14. The monoisotopic (exact) mass is 493 g/mol. The summed E-state index contributed by atoms with van der Waals surface area (Å²) in [7, 11) is 4.95. The van der Waals surface area contributed by atoms with Crippen LogP contribution in [0.1, 0.15) is 39.0 Å². The number of ether oxygens (including phenoxy) is 3. The minimum absolute atomic E-state index is 0. The van der Waals surface area contributed by atoms with E-state index in [4.69, 9.17) is 14.2 Å². The average molecular weight is 493 g/mol. The number of guanidine groups is 1. The summed E-state index contributed by atoms with van der Waals surface area (Å²) in [6, 6.07) is 5.61. The van der Waals surface area contributed by atoms with Gasteiger partial charge in [-0.2, -0.15) is 0 Å². The van der Waals surface area contributed by atoms with Gasteiger partial charge in [-0.3, -0.25) is 9.79 Å². The third kappa shape index (κ3) is 10.3. The van der Waals surface area contributed by atoms with Crippen molar-refractivity contribution >= 4 is 41.6 Å². The fourth-order valence-corrected chi connectivity index (χ4v) is 2.42. The molecule has 0 bridgehead atoms. The first-order valence-corrected chi connectivity index (χ1v) is 8.99. The summed E-state index contributed by atoms with van der Waals surface area (Å²) >= 11 is 0. The fraction of sp³-hybridized carbons (Fsp3) is 0.579. The van der Waals surface area contributed by atoms with Crippen molar-refractivity contribution in [2.75, 3.05) is 39.7 Å². The summed E-state index contributed by atoms with van der Waals surface area (Å²) in [5.41, 5.74) is 0.866. The number of unbranched alkanes of at least 4 members (excludes halogenated alkanes) is 3. The van der Waals surface area contributed by atoms with Crippen LogP contribution in [0.25, 0.3) is 0 Å². The van der Waals surface area contributed by atoms with Crippen LogP contribution >= 0.6 is 24.0 Å². The molecule has 0 unspecified atom stereocenters. The maximum atomic E-state index is 11.2. The average Bonchev–Trinajstić information content (AvgIpc) is 2.66. The number of esters is 1. The van der Waals surface area contributed by atoms with Gasteiger partial charge >= 0.3 is 5.97 Å². The Kier molecular flexibility index (Phi) is 14.4. The Hall–Kier alpha value is -1.71. The zero-order valence-electron chi connectivity index (χ0n) is 16.7. The zero-order chi connectivity index (χ0) is 19.2. The van der Waals surface area contributed by atoms with E-state index in [1.807, 2.05) is 25.1 Å². The van der Waals surface area contributed by atoms with Gasteiger partial charge in [0.05, 0.1) is 20.8 Å². The number of methoxy groups -OCH3 is 2. The van der Waals surface area contributed by atoms with E-state index in [0.717, 1.165) is 37.9 Å². The van der Waals surface area contributed by atoms with Gasteiger partial charge in [0.25, 0.3) is 0 Å². The van der Waals surface area contributed by atoms with Crippen LogP contribution in [0.15, 0.2) is 23.2 Å². The van der Waals surface area contributed by atoms with Crippen molar-refractivity contribution in [2.45, 2.75) is 39.0 Å². The number of hydrogen-bond acceptors (Lipinski definition) is 5. The van der Waals surface area contributed by atoms with E-state index in [0.29, 0.717) is 30.5 Å². The Bertz CT molecular complexity index is 582. The van der Waals surface area contributed by atoms with E-state index in [1.54, 1.807) is 21.3 Å². The summed E-state index contributed by atoms with van der Waals surface area (Å²) in [5.74, 6) is 1.94. The molecule has 0 spiro atoms. The highest BCUT2D eigenvalue weighted by Gasteiger charge is 2.06. The molecule has 7 nitrogen and oxygen atoms in total. The third-order valence-electron chi connectivity index (χ3n) is 3.78. The first-order valence-electron chi connectivity index (χ1n) is 8.99. The summed E-state index contributed by atoms with van der Waals surface area (Å²) in [5, 5.41) is 6.51. The van der Waals surface area contributed by atoms with Gasteiger partial charge < -0.3 is 24.8 Å². The Labute approximate surface area is 179 Å². The zero-order valence-corrected chi connectivity index (χ0v) is 19.0. The molecule has 0 aliphatic rings. The topological polar surface area (TPSA) is 81.2 Å². The molecule has 0 heterocycles. The molecule has 0 atom stereocenters. The summed E-state index contributed by atoms with van der Waals surface area (Å²) < 4.78 is 15.4. The molecule has 1 rings (SSSR count). The normalized spacial score (nSPS) is 10.6. The number of carbonyl (C=O) groups is 1. The number of hydrogen-bond donors (Lipinski definition) is 2. The largest absolute Gasteiger partial charge is 0.493 e. The SMILES string of the molecule is CCOC(=O)CCCCCCNC(=NC)Nc1ccc(OC)c(OC)c1.I. The molecule has 0 saturated heterocycles. The molecule has 0 aromatic heterocycles. The Morgan fingerprint density at radius 2 is 1.78 bits per heavy atom. The van der Waals surface area contributed by atoms with Gasteiger partial charge in [-0.05, 0) is 31.9 Å². The number of nitrogens with one attached hydrogen (secondary N) is 2. The molecule has 0 aliphatic heterocycles. The molecule has 0 radical (unpaired) electrons. The van der Waals surface area contributed by atoms with Gasteiger partial charge in [0.15, 0.2) is 17.5 Å². The van der Waals surface area contributed by atoms with Crippen molar-refractivity contribution < 1.29 is 19.0 Å². The highest BCUT2D eigenvalue weighted by Crippen LogP contribution is 2.29. The Balaban J connectivity index is 0.00000676. The van der Waals surface area contributed by atoms with Crippen molar-refractivity contribution in [3.63, 3.8) is 0 Å². The maximum absolute atomic E-state index is 11.2. The molecule has 1 aromatic rings. The van der Waals surface area contributed by atoms with Crippen molar-refractivity contribution in [2.24, 2.45) is 4.99 Å². The van der Waals surface area contributed by atoms with E-state index in [2.05, 4.69) is 15.6 Å². The fourth-order valence-electron chi connectivity index (χ4n) is 2.42. The van der Waals surface area contributed by atoms with E-state index >= 15 is 0 Å². The van der Waals surface area contributed by atoms with Gasteiger partial charge in [-0.1, -0.05) is 12.8 Å². The van der Waals surface area contributed by atoms with Crippen LogP contribution in [0.2, 0.25) is 0 Å². The van der Waals surface area contributed by atoms with Crippen LogP contribution in [-0.4, -0.2) is 46.3 Å². The predicted molar refractivity (Wildman–Crippen MR) is 120 cm³/mol. The number of nitrogens with zero attached hydrogens (tertiary/aromatic N) is 1. The first kappa shape index (κ1) is 25.3. The van der Waals surface area contributed by atoms with Crippen LogP contribution in [0.3, 0.4) is 0 Å². The lowest BCUT2D eigenvalue weighted by Crippen LogP contribution is -2.31. The Morgan fingerprint density at radius 1 is 1.07 bits per heavy atom. The predicted octanol–water partition coefficient (Wildman–Crippen LogP) is 3.82. The van der Waals surface area contributed by atoms with Crippen molar-refractivity contribution in [1.82, 2.24) is 5.32 Å². The second-order valence-electron chi connectivity index (χ2n) is 5.66. The van der Waals surface area contributed by atoms with E-state index in [-0.39, 0.29) is 29.9 Å². The van der Waals surface area contributed by atoms with Gasteiger partial charge in [0, 0.05) is 31.8 Å². The van der Waals surface area contributed by atoms with Gasteiger partial charge in [-0.25, -0.2) is 0 Å². The van der Waals surface area contributed by atoms with Crippen molar-refractivity contribution in [3.8, 4) is 11.5 Å². The molecule has 1 aromatic carbocycles. The van der Waals surface area contributed by atoms with Crippen LogP contribution in [0, 0.1) is 0 Å². The number of anilines is 1. The maximum Gasteiger partial charge on any atom is 0.305 e. The number of halogens is 1. The number of aliphatic imine (C=N–C) groups is 1.